The lowest BCUT2D eigenvalue weighted by molar-refractivity contribution is 0.322. The molecule has 0 radical (unpaired) electrons. The molecule has 1 fully saturated rings. The van der Waals surface area contributed by atoms with Crippen molar-refractivity contribution in [1.29, 1.82) is 0 Å². The molecule has 3 heteroatoms. The summed E-state index contributed by atoms with van der Waals surface area (Å²) in [6, 6.07) is 0. The molecule has 0 aromatic carbocycles. The summed E-state index contributed by atoms with van der Waals surface area (Å²) in [5.41, 5.74) is 5.88. The van der Waals surface area contributed by atoms with Crippen LogP contribution in [0.15, 0.2) is 46.6 Å². The maximum absolute atomic E-state index is 12.1. The van der Waals surface area contributed by atoms with Crippen molar-refractivity contribution in [3.05, 3.63) is 46.6 Å². The summed E-state index contributed by atoms with van der Waals surface area (Å²) in [6.45, 7) is 15.3. The maximum atomic E-state index is 12.1. The van der Waals surface area contributed by atoms with Crippen LogP contribution in [0.3, 0.4) is 0 Å². The molecule has 1 aliphatic rings. The van der Waals surface area contributed by atoms with Crippen molar-refractivity contribution in [3.8, 4) is 0 Å². The lowest BCUT2D eigenvalue weighted by atomic mass is 10.1. The number of ether oxygens (including phenoxy) is 1. The molecule has 0 spiro atoms. The van der Waals surface area contributed by atoms with Gasteiger partial charge in [0.15, 0.2) is 0 Å². The topological polar surface area (TPSA) is 29.6 Å². The van der Waals surface area contributed by atoms with E-state index in [-0.39, 0.29) is 5.60 Å². The van der Waals surface area contributed by atoms with E-state index in [1.165, 1.54) is 28.7 Å². The summed E-state index contributed by atoms with van der Waals surface area (Å²) in [6.07, 6.45) is 19.7. The van der Waals surface area contributed by atoms with Crippen LogP contribution < -0.4 is 0 Å². The van der Waals surface area contributed by atoms with Crippen LogP contribution in [-0.4, -0.2) is 27.4 Å². The molecule has 1 aliphatic heterocycles. The summed E-state index contributed by atoms with van der Waals surface area (Å²) in [5, 5.41) is 0. The minimum absolute atomic E-state index is 0.0251. The summed E-state index contributed by atoms with van der Waals surface area (Å²) in [7, 11) is -0.699. The van der Waals surface area contributed by atoms with E-state index in [2.05, 4.69) is 72.8 Å². The Kier molecular flexibility index (Phi) is 13.6. The fourth-order valence-electron chi connectivity index (χ4n) is 3.69. The van der Waals surface area contributed by atoms with Gasteiger partial charge in [-0.1, -0.05) is 46.6 Å². The molecule has 0 amide bonds. The summed E-state index contributed by atoms with van der Waals surface area (Å²) >= 11 is 0. The monoisotopic (exact) mass is 448 g/mol. The van der Waals surface area contributed by atoms with Crippen LogP contribution >= 0.6 is 0 Å². The summed E-state index contributed by atoms with van der Waals surface area (Å²) < 4.78 is 17.7. The zero-order chi connectivity index (χ0) is 23.3. The second-order valence-electron chi connectivity index (χ2n) is 10.0. The molecule has 1 rings (SSSR count). The average molecular weight is 449 g/mol. The molecular weight excluding hydrogens is 400 g/mol. The van der Waals surface area contributed by atoms with Gasteiger partial charge < -0.3 is 4.74 Å². The van der Waals surface area contributed by atoms with Crippen LogP contribution in [0.4, 0.5) is 0 Å². The highest BCUT2D eigenvalue weighted by Gasteiger charge is 2.47. The van der Waals surface area contributed by atoms with Crippen molar-refractivity contribution < 1.29 is 8.95 Å². The molecular formula is C28H48O2S. The third-order valence-electron chi connectivity index (χ3n) is 5.99. The van der Waals surface area contributed by atoms with Gasteiger partial charge in [0, 0.05) is 22.3 Å². The fraction of sp³-hybridized carbons (Fsp3) is 0.714. The van der Waals surface area contributed by atoms with Crippen LogP contribution in [0, 0.1) is 0 Å². The largest absolute Gasteiger partial charge is 0.367 e. The molecule has 0 aliphatic carbocycles. The van der Waals surface area contributed by atoms with E-state index in [0.29, 0.717) is 6.10 Å². The first-order valence-electron chi connectivity index (χ1n) is 12.2. The van der Waals surface area contributed by atoms with Gasteiger partial charge in [0.05, 0.1) is 11.7 Å². The predicted octanol–water partition coefficient (Wildman–Crippen LogP) is 8.23. The number of epoxide rings is 1. The van der Waals surface area contributed by atoms with Crippen LogP contribution in [0.25, 0.3) is 0 Å². The highest BCUT2D eigenvalue weighted by molar-refractivity contribution is 7.84. The smallest absolute Gasteiger partial charge is 0.0892 e. The average Bonchev–Trinajstić information content (AvgIpc) is 3.30. The van der Waals surface area contributed by atoms with Crippen molar-refractivity contribution in [3.63, 3.8) is 0 Å². The molecule has 1 heterocycles. The Morgan fingerprint density at radius 3 is 1.77 bits per heavy atom. The van der Waals surface area contributed by atoms with Gasteiger partial charge in [-0.25, -0.2) is 0 Å². The van der Waals surface area contributed by atoms with Crippen molar-refractivity contribution in [2.75, 3.05) is 11.5 Å². The van der Waals surface area contributed by atoms with Crippen LogP contribution in [0.1, 0.15) is 106 Å². The molecule has 2 unspecified atom stereocenters. The number of allylic oxidation sites excluding steroid dienone is 8. The number of rotatable bonds is 16. The first-order valence-corrected chi connectivity index (χ1v) is 13.7. The lowest BCUT2D eigenvalue weighted by Crippen LogP contribution is -2.09. The SMILES string of the molecule is CC(C)=CCC/C(C)=C/CC/C(C)=C/CC/C=C(\C)CCCS(=O)CCC1OC1(C)C. The first-order chi connectivity index (χ1) is 14.6. The highest BCUT2D eigenvalue weighted by atomic mass is 32.2. The zero-order valence-corrected chi connectivity index (χ0v) is 22.2. The number of unbranched alkanes of at least 4 members (excludes halogenated alkanes) is 1. The van der Waals surface area contributed by atoms with Crippen molar-refractivity contribution in [1.82, 2.24) is 0 Å². The Balaban J connectivity index is 2.10. The van der Waals surface area contributed by atoms with Crippen LogP contribution in [0.2, 0.25) is 0 Å². The van der Waals surface area contributed by atoms with Crippen LogP contribution in [-0.2, 0) is 15.5 Å². The van der Waals surface area contributed by atoms with E-state index in [1.54, 1.807) is 0 Å². The van der Waals surface area contributed by atoms with Gasteiger partial charge in [0.1, 0.15) is 0 Å². The van der Waals surface area contributed by atoms with Crippen molar-refractivity contribution >= 4 is 10.8 Å². The second kappa shape index (κ2) is 15.0. The molecule has 0 N–H and O–H groups in total. The van der Waals surface area contributed by atoms with Gasteiger partial charge in [0.25, 0.3) is 0 Å². The van der Waals surface area contributed by atoms with Crippen LogP contribution in [0.5, 0.6) is 0 Å². The van der Waals surface area contributed by atoms with Crippen molar-refractivity contribution in [2.24, 2.45) is 0 Å². The fourth-order valence-corrected chi connectivity index (χ4v) is 4.84. The molecule has 0 bridgehead atoms. The van der Waals surface area contributed by atoms with Crippen molar-refractivity contribution in [2.45, 2.75) is 118 Å². The summed E-state index contributed by atoms with van der Waals surface area (Å²) in [4.78, 5) is 0. The lowest BCUT2D eigenvalue weighted by Gasteiger charge is -2.04. The Labute approximate surface area is 195 Å². The van der Waals surface area contributed by atoms with Gasteiger partial charge in [-0.2, -0.15) is 0 Å². The molecule has 0 aromatic rings. The molecule has 0 saturated carbocycles. The zero-order valence-electron chi connectivity index (χ0n) is 21.4. The maximum Gasteiger partial charge on any atom is 0.0892 e. The van der Waals surface area contributed by atoms with E-state index in [9.17, 15) is 4.21 Å². The molecule has 2 atom stereocenters. The Bertz CT molecular complexity index is 675. The number of hydrogen-bond acceptors (Lipinski definition) is 2. The number of hydrogen-bond donors (Lipinski definition) is 0. The Morgan fingerprint density at radius 2 is 1.26 bits per heavy atom. The third-order valence-corrected chi connectivity index (χ3v) is 7.43. The van der Waals surface area contributed by atoms with E-state index in [0.717, 1.165) is 62.9 Å². The standard InChI is InChI=1S/C28H48O2S/c1-23(2)13-10-16-26(5)18-11-17-24(3)14-8-9-15-25(4)19-12-21-31(29)22-20-27-28(6,7)30-27/h13-15,18,27H,8-12,16-17,19-22H2,1-7H3/b24-14+,25-15+,26-18+. The minimum atomic E-state index is -0.699. The van der Waals surface area contributed by atoms with Gasteiger partial charge in [-0.3, -0.25) is 4.21 Å². The molecule has 178 valence electrons. The Hall–Kier alpha value is -0.930. The van der Waals surface area contributed by atoms with E-state index in [1.807, 2.05) is 0 Å². The van der Waals surface area contributed by atoms with E-state index < -0.39 is 10.8 Å². The minimum Gasteiger partial charge on any atom is -0.367 e. The summed E-state index contributed by atoms with van der Waals surface area (Å²) in [5.74, 6) is 1.60. The predicted molar refractivity (Wildman–Crippen MR) is 139 cm³/mol. The van der Waals surface area contributed by atoms with E-state index in [4.69, 9.17) is 4.74 Å². The quantitative estimate of drug-likeness (QED) is 0.135. The molecule has 1 saturated heterocycles. The normalized spacial score (nSPS) is 20.0. The second-order valence-corrected chi connectivity index (χ2v) is 11.7. The van der Waals surface area contributed by atoms with Gasteiger partial charge in [-0.05, 0) is 106 Å². The van der Waals surface area contributed by atoms with Gasteiger partial charge in [0.2, 0.25) is 0 Å². The Morgan fingerprint density at radius 1 is 0.774 bits per heavy atom. The highest BCUT2D eigenvalue weighted by Crippen LogP contribution is 2.37. The molecule has 0 aromatic heterocycles. The first kappa shape index (κ1) is 28.1. The third kappa shape index (κ3) is 14.7. The van der Waals surface area contributed by atoms with Gasteiger partial charge in [-0.15, -0.1) is 0 Å². The van der Waals surface area contributed by atoms with E-state index >= 15 is 0 Å². The van der Waals surface area contributed by atoms with Gasteiger partial charge >= 0.3 is 0 Å². The molecule has 31 heavy (non-hydrogen) atoms. The molecule has 2 nitrogen and oxygen atoms in total.